The van der Waals surface area contributed by atoms with Gasteiger partial charge in [0.05, 0.1) is 0 Å². The fourth-order valence-corrected chi connectivity index (χ4v) is 1.94. The van der Waals surface area contributed by atoms with Crippen molar-refractivity contribution in [1.82, 2.24) is 5.32 Å². The zero-order chi connectivity index (χ0) is 14.4. The van der Waals surface area contributed by atoms with Crippen molar-refractivity contribution in [3.8, 4) is 5.75 Å². The molecule has 0 saturated carbocycles. The molecule has 0 spiro atoms. The van der Waals surface area contributed by atoms with E-state index in [0.717, 1.165) is 29.7 Å². The summed E-state index contributed by atoms with van der Waals surface area (Å²) in [6, 6.07) is 6.21. The molecule has 0 unspecified atom stereocenters. The van der Waals surface area contributed by atoms with Crippen LogP contribution in [0.2, 0.25) is 0 Å². The Balaban J connectivity index is 2.61. The smallest absolute Gasteiger partial charge is 0.260 e. The molecule has 0 saturated heterocycles. The maximum Gasteiger partial charge on any atom is 0.260 e. The lowest BCUT2D eigenvalue weighted by molar-refractivity contribution is -0.127. The van der Waals surface area contributed by atoms with Gasteiger partial charge in [-0.05, 0) is 51.3 Å². The van der Waals surface area contributed by atoms with E-state index < -0.39 is 6.10 Å². The molecule has 1 aromatic rings. The number of hydrogen-bond donors (Lipinski definition) is 1. The zero-order valence-corrected chi connectivity index (χ0v) is 12.6. The number of carbonyl (C=O) groups is 1. The van der Waals surface area contributed by atoms with Crippen LogP contribution in [0.25, 0.3) is 0 Å². The van der Waals surface area contributed by atoms with Crippen molar-refractivity contribution in [1.29, 1.82) is 0 Å². The Hall–Kier alpha value is -1.51. The number of carbonyl (C=O) groups excluding carboxylic acids is 1. The molecule has 0 aliphatic heterocycles. The van der Waals surface area contributed by atoms with Gasteiger partial charge in [-0.15, -0.1) is 0 Å². The van der Waals surface area contributed by atoms with Crippen LogP contribution in [0.4, 0.5) is 0 Å². The molecule has 0 heterocycles. The molecule has 3 heteroatoms. The van der Waals surface area contributed by atoms with E-state index in [2.05, 4.69) is 12.2 Å². The standard InChI is InChI=1S/C16H25NO2/c1-6-7-13(4)17-16(18)14(5)19-15-10-11(2)8-9-12(15)3/h8-10,13-14H,6-7H2,1-5H3,(H,17,18)/t13-,14+/m0/s1. The van der Waals surface area contributed by atoms with Gasteiger partial charge >= 0.3 is 0 Å². The second-order valence-electron chi connectivity index (χ2n) is 5.23. The van der Waals surface area contributed by atoms with Crippen molar-refractivity contribution in [3.05, 3.63) is 29.3 Å². The molecule has 1 amide bonds. The van der Waals surface area contributed by atoms with Gasteiger partial charge in [0.25, 0.3) is 5.91 Å². The van der Waals surface area contributed by atoms with Gasteiger partial charge in [0.2, 0.25) is 0 Å². The van der Waals surface area contributed by atoms with Crippen molar-refractivity contribution in [3.63, 3.8) is 0 Å². The lowest BCUT2D eigenvalue weighted by Crippen LogP contribution is -2.41. The van der Waals surface area contributed by atoms with E-state index in [1.54, 1.807) is 6.92 Å². The maximum absolute atomic E-state index is 12.0. The van der Waals surface area contributed by atoms with Gasteiger partial charge in [-0.1, -0.05) is 25.5 Å². The normalized spacial score (nSPS) is 13.7. The first-order chi connectivity index (χ1) is 8.93. The molecule has 1 aromatic carbocycles. The van der Waals surface area contributed by atoms with E-state index in [0.29, 0.717) is 0 Å². The fourth-order valence-electron chi connectivity index (χ4n) is 1.94. The predicted molar refractivity (Wildman–Crippen MR) is 78.5 cm³/mol. The van der Waals surface area contributed by atoms with E-state index in [-0.39, 0.29) is 11.9 Å². The fraction of sp³-hybridized carbons (Fsp3) is 0.562. The van der Waals surface area contributed by atoms with Gasteiger partial charge in [-0.3, -0.25) is 4.79 Å². The summed E-state index contributed by atoms with van der Waals surface area (Å²) in [6.45, 7) is 9.92. The van der Waals surface area contributed by atoms with Crippen LogP contribution in [-0.4, -0.2) is 18.1 Å². The molecule has 1 rings (SSSR count). The first-order valence-electron chi connectivity index (χ1n) is 6.98. The van der Waals surface area contributed by atoms with Crippen LogP contribution in [0.1, 0.15) is 44.7 Å². The van der Waals surface area contributed by atoms with Gasteiger partial charge in [-0.25, -0.2) is 0 Å². The van der Waals surface area contributed by atoms with Gasteiger partial charge in [0, 0.05) is 6.04 Å². The zero-order valence-electron chi connectivity index (χ0n) is 12.6. The summed E-state index contributed by atoms with van der Waals surface area (Å²) in [5.41, 5.74) is 2.18. The third kappa shape index (κ3) is 4.93. The minimum absolute atomic E-state index is 0.0538. The number of aryl methyl sites for hydroxylation is 2. The van der Waals surface area contributed by atoms with Crippen LogP contribution in [0.5, 0.6) is 5.75 Å². The molecule has 2 atom stereocenters. The van der Waals surface area contributed by atoms with E-state index >= 15 is 0 Å². The number of benzene rings is 1. The summed E-state index contributed by atoms with van der Waals surface area (Å²) in [6.07, 6.45) is 1.58. The van der Waals surface area contributed by atoms with Crippen LogP contribution >= 0.6 is 0 Å². The molecule has 0 bridgehead atoms. The van der Waals surface area contributed by atoms with Crippen LogP contribution in [-0.2, 0) is 4.79 Å². The number of nitrogens with one attached hydrogen (secondary N) is 1. The molecule has 19 heavy (non-hydrogen) atoms. The molecule has 0 radical (unpaired) electrons. The lowest BCUT2D eigenvalue weighted by Gasteiger charge is -2.19. The Kier molecular flexibility index (Phi) is 5.87. The maximum atomic E-state index is 12.0. The highest BCUT2D eigenvalue weighted by Crippen LogP contribution is 2.20. The third-order valence-corrected chi connectivity index (χ3v) is 3.13. The summed E-state index contributed by atoms with van der Waals surface area (Å²) in [5.74, 6) is 0.729. The molecule has 0 aliphatic rings. The summed E-state index contributed by atoms with van der Waals surface area (Å²) < 4.78 is 5.75. The summed E-state index contributed by atoms with van der Waals surface area (Å²) >= 11 is 0. The van der Waals surface area contributed by atoms with Crippen LogP contribution in [0.15, 0.2) is 18.2 Å². The second kappa shape index (κ2) is 7.17. The second-order valence-corrected chi connectivity index (χ2v) is 5.23. The molecule has 106 valence electrons. The minimum atomic E-state index is -0.472. The van der Waals surface area contributed by atoms with Crippen molar-refractivity contribution in [2.75, 3.05) is 0 Å². The first kappa shape index (κ1) is 15.5. The predicted octanol–water partition coefficient (Wildman–Crippen LogP) is 3.38. The topological polar surface area (TPSA) is 38.3 Å². The van der Waals surface area contributed by atoms with Crippen LogP contribution in [0, 0.1) is 13.8 Å². The molecule has 3 nitrogen and oxygen atoms in total. The Bertz CT molecular complexity index is 429. The monoisotopic (exact) mass is 263 g/mol. The number of amides is 1. The SMILES string of the molecule is CCC[C@H](C)NC(=O)[C@@H](C)Oc1cc(C)ccc1C. The van der Waals surface area contributed by atoms with Crippen LogP contribution in [0.3, 0.4) is 0 Å². The van der Waals surface area contributed by atoms with Gasteiger partial charge in [0.1, 0.15) is 5.75 Å². The Labute approximate surface area is 116 Å². The highest BCUT2D eigenvalue weighted by Gasteiger charge is 2.17. The van der Waals surface area contributed by atoms with Gasteiger partial charge < -0.3 is 10.1 Å². The van der Waals surface area contributed by atoms with E-state index in [1.165, 1.54) is 0 Å². The Morgan fingerprint density at radius 3 is 2.63 bits per heavy atom. The van der Waals surface area contributed by atoms with Crippen molar-refractivity contribution in [2.45, 2.75) is 59.6 Å². The van der Waals surface area contributed by atoms with Crippen molar-refractivity contribution in [2.24, 2.45) is 0 Å². The van der Waals surface area contributed by atoms with Gasteiger partial charge in [-0.2, -0.15) is 0 Å². The largest absolute Gasteiger partial charge is 0.481 e. The average molecular weight is 263 g/mol. The summed E-state index contributed by atoms with van der Waals surface area (Å²) in [4.78, 5) is 12.0. The Morgan fingerprint density at radius 1 is 1.32 bits per heavy atom. The molecule has 0 aliphatic carbocycles. The van der Waals surface area contributed by atoms with E-state index in [4.69, 9.17) is 4.74 Å². The molecule has 0 fully saturated rings. The van der Waals surface area contributed by atoms with Crippen molar-refractivity contribution < 1.29 is 9.53 Å². The average Bonchev–Trinajstić information content (AvgIpc) is 2.34. The van der Waals surface area contributed by atoms with Crippen molar-refractivity contribution >= 4 is 5.91 Å². The number of hydrogen-bond acceptors (Lipinski definition) is 2. The quantitative estimate of drug-likeness (QED) is 0.854. The molecule has 1 N–H and O–H groups in total. The van der Waals surface area contributed by atoms with Gasteiger partial charge in [0.15, 0.2) is 6.10 Å². The highest BCUT2D eigenvalue weighted by atomic mass is 16.5. The summed E-state index contributed by atoms with van der Waals surface area (Å²) in [5, 5.41) is 2.97. The summed E-state index contributed by atoms with van der Waals surface area (Å²) in [7, 11) is 0. The number of ether oxygens (including phenoxy) is 1. The van der Waals surface area contributed by atoms with Crippen LogP contribution < -0.4 is 10.1 Å². The van der Waals surface area contributed by atoms with E-state index in [1.807, 2.05) is 39.0 Å². The molecular weight excluding hydrogens is 238 g/mol. The third-order valence-electron chi connectivity index (χ3n) is 3.13. The molecular formula is C16H25NO2. The lowest BCUT2D eigenvalue weighted by atomic mass is 10.1. The van der Waals surface area contributed by atoms with E-state index in [9.17, 15) is 4.79 Å². The Morgan fingerprint density at radius 2 is 2.00 bits per heavy atom. The number of rotatable bonds is 6. The highest BCUT2D eigenvalue weighted by molar-refractivity contribution is 5.81. The minimum Gasteiger partial charge on any atom is -0.481 e. The molecule has 0 aromatic heterocycles. The first-order valence-corrected chi connectivity index (χ1v) is 6.98.